The molecule has 2 bridgehead atoms. The number of halogens is 2. The minimum Gasteiger partial charge on any atom is -0.497 e. The molecule has 1 aliphatic carbocycles. The molecule has 1 N–H and O–H groups in total. The van der Waals surface area contributed by atoms with Gasteiger partial charge in [0.15, 0.2) is 11.5 Å². The monoisotopic (exact) mass is 658 g/mol. The van der Waals surface area contributed by atoms with Gasteiger partial charge in [-0.3, -0.25) is 9.59 Å². The van der Waals surface area contributed by atoms with Crippen LogP contribution in [0.5, 0.6) is 11.6 Å². The number of amides is 2. The Bertz CT molecular complexity index is 1520. The predicted molar refractivity (Wildman–Crippen MR) is 166 cm³/mol. The van der Waals surface area contributed by atoms with Gasteiger partial charge in [0, 0.05) is 23.8 Å². The van der Waals surface area contributed by atoms with E-state index < -0.39 is 59.6 Å². The molecule has 11 nitrogen and oxygen atoms in total. The maximum Gasteiger partial charge on any atom is 0.408 e. The summed E-state index contributed by atoms with van der Waals surface area (Å²) in [6.07, 6.45) is 1.75. The molecule has 0 radical (unpaired) electrons. The van der Waals surface area contributed by atoms with Crippen LogP contribution in [0.2, 0.25) is 0 Å². The molecule has 0 spiro atoms. The Labute approximate surface area is 273 Å². The molecule has 0 unspecified atom stereocenters. The van der Waals surface area contributed by atoms with Gasteiger partial charge in [0.05, 0.1) is 43.9 Å². The number of rotatable bonds is 4. The third-order valence-electron chi connectivity index (χ3n) is 10.4. The van der Waals surface area contributed by atoms with Crippen molar-refractivity contribution in [3.8, 4) is 11.6 Å². The molecule has 6 atom stereocenters. The lowest BCUT2D eigenvalue weighted by Crippen LogP contribution is -2.64. The largest absolute Gasteiger partial charge is 0.497 e. The molecule has 47 heavy (non-hydrogen) atoms. The van der Waals surface area contributed by atoms with E-state index in [-0.39, 0.29) is 55.4 Å². The first-order valence-electron chi connectivity index (χ1n) is 16.7. The van der Waals surface area contributed by atoms with Crippen LogP contribution in [0.1, 0.15) is 77.8 Å². The molecule has 3 fully saturated rings. The summed E-state index contributed by atoms with van der Waals surface area (Å²) in [5, 5.41) is 2.84. The highest BCUT2D eigenvalue weighted by Crippen LogP contribution is 2.42. The Morgan fingerprint density at radius 1 is 1.06 bits per heavy atom. The molecule has 2 saturated heterocycles. The quantitative estimate of drug-likeness (QED) is 0.473. The molecular formula is C34H44F2N4O7. The fourth-order valence-electron chi connectivity index (χ4n) is 7.78. The number of ketones is 1. The second-order valence-corrected chi connectivity index (χ2v) is 13.8. The van der Waals surface area contributed by atoms with Gasteiger partial charge in [0.25, 0.3) is 5.92 Å². The number of hydrogen-bond donors (Lipinski definition) is 1. The number of alkyl carbamates (subject to hydrolysis) is 1. The van der Waals surface area contributed by atoms with E-state index in [0.29, 0.717) is 36.9 Å². The Morgan fingerprint density at radius 3 is 2.51 bits per heavy atom. The zero-order valence-corrected chi connectivity index (χ0v) is 27.4. The van der Waals surface area contributed by atoms with Gasteiger partial charge in [-0.25, -0.2) is 14.8 Å². The van der Waals surface area contributed by atoms with E-state index in [1.165, 1.54) is 18.9 Å². The minimum atomic E-state index is -3.37. The first kappa shape index (κ1) is 33.3. The topological polar surface area (TPSA) is 129 Å². The molecule has 2 amide bonds. The lowest BCUT2D eigenvalue weighted by atomic mass is 9.79. The van der Waals surface area contributed by atoms with Crippen molar-refractivity contribution in [2.45, 2.75) is 102 Å². The number of nitrogens with one attached hydrogen (secondary N) is 1. The van der Waals surface area contributed by atoms with Crippen LogP contribution < -0.4 is 14.8 Å². The normalized spacial score (nSPS) is 30.9. The van der Waals surface area contributed by atoms with Crippen LogP contribution in [0.15, 0.2) is 18.2 Å². The fourth-order valence-corrected chi connectivity index (χ4v) is 7.78. The average Bonchev–Trinajstić information content (AvgIpc) is 3.63. The molecule has 1 saturated carbocycles. The van der Waals surface area contributed by atoms with E-state index in [1.807, 2.05) is 13.8 Å². The van der Waals surface area contributed by atoms with Crippen LogP contribution >= 0.6 is 0 Å². The van der Waals surface area contributed by atoms with Gasteiger partial charge in [-0.1, -0.05) is 20.3 Å². The van der Waals surface area contributed by atoms with Gasteiger partial charge in [0.1, 0.15) is 24.0 Å². The van der Waals surface area contributed by atoms with Gasteiger partial charge >= 0.3 is 6.09 Å². The number of hydrogen-bond acceptors (Lipinski definition) is 9. The highest BCUT2D eigenvalue weighted by atomic mass is 19.3. The van der Waals surface area contributed by atoms with Gasteiger partial charge in [-0.15, -0.1) is 0 Å². The van der Waals surface area contributed by atoms with Gasteiger partial charge in [-0.05, 0) is 63.5 Å². The average molecular weight is 659 g/mol. The summed E-state index contributed by atoms with van der Waals surface area (Å²) >= 11 is 0. The highest BCUT2D eigenvalue weighted by Gasteiger charge is 2.54. The number of carbonyl (C=O) groups excluding carboxylic acids is 3. The van der Waals surface area contributed by atoms with Crippen molar-refractivity contribution in [2.75, 3.05) is 26.9 Å². The Balaban J connectivity index is 1.43. The van der Waals surface area contributed by atoms with E-state index in [0.717, 1.165) is 12.8 Å². The molecule has 13 heteroatoms. The van der Waals surface area contributed by atoms with Crippen molar-refractivity contribution in [1.82, 2.24) is 20.2 Å². The number of Topliss-reactive ketones (excluding diaryl/α,β-unsaturated/α-hetero) is 1. The lowest BCUT2D eigenvalue weighted by Gasteiger charge is -2.45. The van der Waals surface area contributed by atoms with E-state index in [1.54, 1.807) is 18.2 Å². The van der Waals surface area contributed by atoms with Crippen LogP contribution in [0.25, 0.3) is 11.0 Å². The summed E-state index contributed by atoms with van der Waals surface area (Å²) in [4.78, 5) is 51.3. The summed E-state index contributed by atoms with van der Waals surface area (Å²) in [6, 6.07) is 2.88. The molecular weight excluding hydrogens is 614 g/mol. The third-order valence-corrected chi connectivity index (χ3v) is 10.4. The number of alkyl halides is 2. The predicted octanol–water partition coefficient (Wildman–Crippen LogP) is 5.18. The second kappa shape index (κ2) is 13.1. The van der Waals surface area contributed by atoms with Crippen molar-refractivity contribution < 1.29 is 42.1 Å². The molecule has 1 aromatic heterocycles. The van der Waals surface area contributed by atoms with Crippen LogP contribution in [0.3, 0.4) is 0 Å². The number of carbonyl (C=O) groups is 3. The maximum absolute atomic E-state index is 16.1. The molecule has 4 aliphatic rings. The van der Waals surface area contributed by atoms with Crippen molar-refractivity contribution >= 4 is 28.8 Å². The standard InChI is InChI=1S/C34H44F2N4O7/c1-5-22-26-16-40(27(22)19(2)41)31(42)29(33(3)17-45-18-33)39-32(43)47-25-11-8-10-20(25)9-6-7-14-34(35,36)28-30(46-26)38-24-15-21(44-4)12-13-23(24)37-28/h12-13,15,20,22,25-27,29H,5-11,14,16-18H2,1-4H3,(H,39,43)/t20-,22-,25-,26+,27-,29-/m1/s1. The number of benzene rings is 1. The Hall–Kier alpha value is -3.61. The number of aromatic nitrogens is 2. The highest BCUT2D eigenvalue weighted by molar-refractivity contribution is 5.93. The zero-order valence-electron chi connectivity index (χ0n) is 27.4. The van der Waals surface area contributed by atoms with Crippen LogP contribution in [-0.2, 0) is 25.0 Å². The van der Waals surface area contributed by atoms with Gasteiger partial charge in [0.2, 0.25) is 11.8 Å². The first-order chi connectivity index (χ1) is 22.4. The number of methoxy groups -OCH3 is 1. The first-order valence-corrected chi connectivity index (χ1v) is 16.7. The summed E-state index contributed by atoms with van der Waals surface area (Å²) < 4.78 is 55.3. The number of ether oxygens (including phenoxy) is 4. The molecule has 3 aliphatic heterocycles. The molecule has 256 valence electrons. The van der Waals surface area contributed by atoms with E-state index in [9.17, 15) is 14.4 Å². The van der Waals surface area contributed by atoms with E-state index >= 15 is 8.78 Å². The van der Waals surface area contributed by atoms with Crippen molar-refractivity contribution in [3.05, 3.63) is 23.9 Å². The third kappa shape index (κ3) is 6.47. The second-order valence-electron chi connectivity index (χ2n) is 13.8. The lowest BCUT2D eigenvalue weighted by molar-refractivity contribution is -0.158. The molecule has 2 aromatic rings. The van der Waals surface area contributed by atoms with Gasteiger partial charge < -0.3 is 29.2 Å². The summed E-state index contributed by atoms with van der Waals surface area (Å²) in [6.45, 7) is 5.51. The summed E-state index contributed by atoms with van der Waals surface area (Å²) in [7, 11) is 1.50. The van der Waals surface area contributed by atoms with Crippen LogP contribution in [-0.4, -0.2) is 83.8 Å². The van der Waals surface area contributed by atoms with Gasteiger partial charge in [-0.2, -0.15) is 8.78 Å². The molecule has 6 rings (SSSR count). The number of fused-ring (bicyclic) bond motifs is 5. The molecule has 4 heterocycles. The van der Waals surface area contributed by atoms with E-state index in [2.05, 4.69) is 15.3 Å². The van der Waals surface area contributed by atoms with E-state index in [4.69, 9.17) is 18.9 Å². The van der Waals surface area contributed by atoms with Crippen LogP contribution in [0, 0.1) is 17.3 Å². The Kier molecular flexibility index (Phi) is 9.30. The Morgan fingerprint density at radius 2 is 1.83 bits per heavy atom. The molecule has 1 aromatic carbocycles. The van der Waals surface area contributed by atoms with Crippen molar-refractivity contribution in [2.24, 2.45) is 17.3 Å². The zero-order chi connectivity index (χ0) is 33.5. The SMILES string of the molecule is CC[C@@H]1[C@@H]2CN(C(=O)[C@H](C3(C)COC3)NC(=O)O[C@@H]3CCC[C@H]3CCCCC(F)(F)c3nc4ccc(OC)cc4nc3O2)[C@@H]1C(C)=O. The maximum atomic E-state index is 16.1. The summed E-state index contributed by atoms with van der Waals surface area (Å²) in [5.74, 6) is -4.45. The minimum absolute atomic E-state index is 0.0334. The summed E-state index contributed by atoms with van der Waals surface area (Å²) in [5.41, 5.74) is -0.711. The van der Waals surface area contributed by atoms with Crippen LogP contribution in [0.4, 0.5) is 13.6 Å². The van der Waals surface area contributed by atoms with Crippen molar-refractivity contribution in [1.29, 1.82) is 0 Å². The number of nitrogens with zero attached hydrogens (tertiary/aromatic N) is 3. The smallest absolute Gasteiger partial charge is 0.408 e. The fraction of sp³-hybridized carbons (Fsp3) is 0.676. The van der Waals surface area contributed by atoms with Crippen molar-refractivity contribution in [3.63, 3.8) is 0 Å².